The maximum Gasteiger partial charge on any atom is 0.228 e. The molecule has 0 bridgehead atoms. The van der Waals surface area contributed by atoms with Crippen molar-refractivity contribution in [2.75, 3.05) is 12.4 Å². The molecule has 21 heavy (non-hydrogen) atoms. The second-order valence-corrected chi connectivity index (χ2v) is 4.71. The van der Waals surface area contributed by atoms with E-state index in [2.05, 4.69) is 15.5 Å². The first-order valence-electron chi connectivity index (χ1n) is 6.61. The fraction of sp³-hybridized carbons (Fsp3) is 0.125. The van der Waals surface area contributed by atoms with Gasteiger partial charge in [0.05, 0.1) is 30.9 Å². The van der Waals surface area contributed by atoms with Gasteiger partial charge in [0.2, 0.25) is 5.91 Å². The number of rotatable bonds is 4. The van der Waals surface area contributed by atoms with Gasteiger partial charge in [-0.2, -0.15) is 5.10 Å². The lowest BCUT2D eigenvalue weighted by Crippen LogP contribution is -2.14. The van der Waals surface area contributed by atoms with Gasteiger partial charge in [0.25, 0.3) is 0 Å². The number of H-pyrrole nitrogens is 1. The number of carbonyl (C=O) groups is 1. The Bertz CT molecular complexity index is 763. The van der Waals surface area contributed by atoms with Crippen molar-refractivity contribution < 1.29 is 9.53 Å². The summed E-state index contributed by atoms with van der Waals surface area (Å²) in [4.78, 5) is 12.1. The molecule has 0 aliphatic heterocycles. The molecule has 1 amide bonds. The Labute approximate surface area is 121 Å². The molecule has 0 aliphatic rings. The molecule has 3 aromatic rings. The van der Waals surface area contributed by atoms with Crippen LogP contribution in [0, 0.1) is 0 Å². The summed E-state index contributed by atoms with van der Waals surface area (Å²) in [5.41, 5.74) is 2.51. The number of para-hydroxylation sites is 1. The van der Waals surface area contributed by atoms with Gasteiger partial charge in [0, 0.05) is 5.39 Å². The van der Waals surface area contributed by atoms with E-state index in [-0.39, 0.29) is 5.91 Å². The van der Waals surface area contributed by atoms with Crippen molar-refractivity contribution in [1.29, 1.82) is 0 Å². The molecule has 5 nitrogen and oxygen atoms in total. The molecule has 1 aromatic heterocycles. The van der Waals surface area contributed by atoms with Crippen LogP contribution in [0.2, 0.25) is 0 Å². The quantitative estimate of drug-likeness (QED) is 0.772. The predicted molar refractivity (Wildman–Crippen MR) is 81.4 cm³/mol. The van der Waals surface area contributed by atoms with Crippen LogP contribution in [-0.4, -0.2) is 23.2 Å². The third-order valence-electron chi connectivity index (χ3n) is 3.27. The Balaban J connectivity index is 1.72. The first kappa shape index (κ1) is 13.2. The Hall–Kier alpha value is -2.82. The lowest BCUT2D eigenvalue weighted by molar-refractivity contribution is -0.115. The van der Waals surface area contributed by atoms with Crippen molar-refractivity contribution in [1.82, 2.24) is 10.2 Å². The summed E-state index contributed by atoms with van der Waals surface area (Å²) in [6, 6.07) is 13.1. The van der Waals surface area contributed by atoms with Crippen LogP contribution in [0.15, 0.2) is 48.7 Å². The van der Waals surface area contributed by atoms with Crippen molar-refractivity contribution in [2.45, 2.75) is 6.42 Å². The van der Waals surface area contributed by atoms with Gasteiger partial charge < -0.3 is 10.1 Å². The highest BCUT2D eigenvalue weighted by Gasteiger charge is 2.08. The van der Waals surface area contributed by atoms with E-state index in [1.165, 1.54) is 0 Å². The van der Waals surface area contributed by atoms with Crippen LogP contribution in [0.4, 0.5) is 5.69 Å². The smallest absolute Gasteiger partial charge is 0.228 e. The highest BCUT2D eigenvalue weighted by Crippen LogP contribution is 2.20. The number of hydrogen-bond donors (Lipinski definition) is 2. The van der Waals surface area contributed by atoms with Crippen molar-refractivity contribution in [3.05, 3.63) is 54.2 Å². The van der Waals surface area contributed by atoms with E-state index in [9.17, 15) is 4.79 Å². The zero-order chi connectivity index (χ0) is 14.7. The van der Waals surface area contributed by atoms with Crippen molar-refractivity contribution in [3.63, 3.8) is 0 Å². The lowest BCUT2D eigenvalue weighted by Gasteiger charge is -2.07. The highest BCUT2D eigenvalue weighted by atomic mass is 16.5. The normalized spacial score (nSPS) is 10.5. The van der Waals surface area contributed by atoms with Crippen LogP contribution in [0.5, 0.6) is 5.75 Å². The number of amides is 1. The number of hydrogen-bond acceptors (Lipinski definition) is 3. The predicted octanol–water partition coefficient (Wildman–Crippen LogP) is 2.75. The van der Waals surface area contributed by atoms with E-state index in [0.717, 1.165) is 27.9 Å². The van der Waals surface area contributed by atoms with Gasteiger partial charge in [-0.25, -0.2) is 0 Å². The number of ether oxygens (including phenoxy) is 1. The van der Waals surface area contributed by atoms with Gasteiger partial charge in [0.15, 0.2) is 0 Å². The number of carbonyl (C=O) groups excluding carboxylic acids is 1. The maximum atomic E-state index is 12.1. The second kappa shape index (κ2) is 5.66. The Morgan fingerprint density at radius 3 is 2.81 bits per heavy atom. The second-order valence-electron chi connectivity index (χ2n) is 4.71. The molecule has 0 unspecified atom stereocenters. The molecule has 0 aliphatic carbocycles. The Morgan fingerprint density at radius 2 is 2.05 bits per heavy atom. The highest BCUT2D eigenvalue weighted by molar-refractivity contribution is 6.00. The SMILES string of the molecule is COc1ccc(CC(=O)Nc2cccc3cn[nH]c23)cc1. The summed E-state index contributed by atoms with van der Waals surface area (Å²) in [7, 11) is 1.62. The Kier molecular flexibility index (Phi) is 3.55. The van der Waals surface area contributed by atoms with Crippen molar-refractivity contribution >= 4 is 22.5 Å². The van der Waals surface area contributed by atoms with Gasteiger partial charge in [0.1, 0.15) is 5.75 Å². The maximum absolute atomic E-state index is 12.1. The molecule has 2 N–H and O–H groups in total. The molecular weight excluding hydrogens is 266 g/mol. The third-order valence-corrected chi connectivity index (χ3v) is 3.27. The van der Waals surface area contributed by atoms with Crippen LogP contribution in [0.1, 0.15) is 5.56 Å². The zero-order valence-corrected chi connectivity index (χ0v) is 11.6. The number of anilines is 1. The molecule has 0 atom stereocenters. The van der Waals surface area contributed by atoms with Crippen molar-refractivity contribution in [2.24, 2.45) is 0 Å². The van der Waals surface area contributed by atoms with Crippen LogP contribution in [-0.2, 0) is 11.2 Å². The zero-order valence-electron chi connectivity index (χ0n) is 11.6. The summed E-state index contributed by atoms with van der Waals surface area (Å²) in [5, 5.41) is 10.7. The molecule has 106 valence electrons. The first-order chi connectivity index (χ1) is 10.3. The average Bonchev–Trinajstić information content (AvgIpc) is 2.97. The average molecular weight is 281 g/mol. The molecule has 3 rings (SSSR count). The molecule has 0 fully saturated rings. The number of nitrogens with zero attached hydrogens (tertiary/aromatic N) is 1. The van der Waals surface area contributed by atoms with Gasteiger partial charge in [-0.15, -0.1) is 0 Å². The molecule has 1 heterocycles. The summed E-state index contributed by atoms with van der Waals surface area (Å²) < 4.78 is 5.10. The van der Waals surface area contributed by atoms with E-state index < -0.39 is 0 Å². The first-order valence-corrected chi connectivity index (χ1v) is 6.61. The minimum Gasteiger partial charge on any atom is -0.497 e. The van der Waals surface area contributed by atoms with E-state index in [0.29, 0.717) is 6.42 Å². The summed E-state index contributed by atoms with van der Waals surface area (Å²) in [5.74, 6) is 0.712. The number of aromatic amines is 1. The summed E-state index contributed by atoms with van der Waals surface area (Å²) in [6.45, 7) is 0. The Morgan fingerprint density at radius 1 is 1.24 bits per heavy atom. The summed E-state index contributed by atoms with van der Waals surface area (Å²) in [6.07, 6.45) is 2.04. The lowest BCUT2D eigenvalue weighted by atomic mass is 10.1. The standard InChI is InChI=1S/C16H15N3O2/c1-21-13-7-5-11(6-8-13)9-15(20)18-14-4-2-3-12-10-17-19-16(12)14/h2-8,10H,9H2,1H3,(H,17,19)(H,18,20). The number of benzene rings is 2. The number of fused-ring (bicyclic) bond motifs is 1. The third kappa shape index (κ3) is 2.86. The van der Waals surface area contributed by atoms with E-state index in [1.807, 2.05) is 42.5 Å². The summed E-state index contributed by atoms with van der Waals surface area (Å²) >= 11 is 0. The minimum absolute atomic E-state index is 0.0673. The molecule has 0 spiro atoms. The van der Waals surface area contributed by atoms with Crippen LogP contribution in [0.25, 0.3) is 10.9 Å². The van der Waals surface area contributed by atoms with Gasteiger partial charge in [-0.1, -0.05) is 24.3 Å². The van der Waals surface area contributed by atoms with Crippen molar-refractivity contribution in [3.8, 4) is 5.75 Å². The monoisotopic (exact) mass is 281 g/mol. The number of aromatic nitrogens is 2. The molecule has 0 saturated carbocycles. The molecule has 5 heteroatoms. The van der Waals surface area contributed by atoms with Crippen LogP contribution >= 0.6 is 0 Å². The molecule has 0 saturated heterocycles. The topological polar surface area (TPSA) is 67.0 Å². The molecule has 2 aromatic carbocycles. The number of methoxy groups -OCH3 is 1. The fourth-order valence-corrected chi connectivity index (χ4v) is 2.20. The largest absolute Gasteiger partial charge is 0.497 e. The van der Waals surface area contributed by atoms with Crippen LogP contribution in [0.3, 0.4) is 0 Å². The number of nitrogens with one attached hydrogen (secondary N) is 2. The van der Waals surface area contributed by atoms with E-state index in [4.69, 9.17) is 4.74 Å². The van der Waals surface area contributed by atoms with Gasteiger partial charge in [-0.05, 0) is 23.8 Å². The van der Waals surface area contributed by atoms with Gasteiger partial charge in [-0.3, -0.25) is 9.89 Å². The van der Waals surface area contributed by atoms with E-state index in [1.54, 1.807) is 13.3 Å². The minimum atomic E-state index is -0.0673. The fourth-order valence-electron chi connectivity index (χ4n) is 2.20. The van der Waals surface area contributed by atoms with Gasteiger partial charge >= 0.3 is 0 Å². The van der Waals surface area contributed by atoms with Crippen LogP contribution < -0.4 is 10.1 Å². The van der Waals surface area contributed by atoms with E-state index >= 15 is 0 Å². The molecular formula is C16H15N3O2. The molecule has 0 radical (unpaired) electrons.